The molecule has 0 bridgehead atoms. The van der Waals surface area contributed by atoms with Gasteiger partial charge in [0.05, 0.1) is 11.1 Å². The number of hydrogen-bond donors (Lipinski definition) is 0. The van der Waals surface area contributed by atoms with Gasteiger partial charge in [0, 0.05) is 5.48 Å². The molecular weight excluding hydrogens is 140 g/mol. The van der Waals surface area contributed by atoms with Crippen LogP contribution < -0.4 is 0 Å². The zero-order valence-electron chi connectivity index (χ0n) is 5.61. The van der Waals surface area contributed by atoms with E-state index in [-0.39, 0.29) is 5.48 Å². The second-order valence-corrected chi connectivity index (χ2v) is 1.77. The highest BCUT2D eigenvalue weighted by Gasteiger charge is 1.95. The lowest BCUT2D eigenvalue weighted by molar-refractivity contribution is 0.686. The predicted molar refractivity (Wildman–Crippen MR) is 36.6 cm³/mol. The van der Waals surface area contributed by atoms with Crippen molar-refractivity contribution in [2.24, 2.45) is 0 Å². The molecule has 0 aliphatic heterocycles. The van der Waals surface area contributed by atoms with Gasteiger partial charge in [0.25, 0.3) is 0 Å². The Kier molecular flexibility index (Phi) is 3.37. The third-order valence-corrected chi connectivity index (χ3v) is 1.17. The van der Waals surface area contributed by atoms with Crippen molar-refractivity contribution in [3.63, 3.8) is 0 Å². The van der Waals surface area contributed by atoms with Gasteiger partial charge in [-0.25, -0.2) is 0 Å². The Morgan fingerprint density at radius 3 is 1.55 bits per heavy atom. The smallest absolute Gasteiger partial charge is 0.101 e. The number of nitriles is 2. The number of benzene rings is 1. The van der Waals surface area contributed by atoms with Crippen molar-refractivity contribution in [2.45, 2.75) is 0 Å². The Balaban J connectivity index is 0.000001000. The first-order chi connectivity index (χ1) is 4.88. The van der Waals surface area contributed by atoms with Crippen molar-refractivity contribution in [3.05, 3.63) is 35.4 Å². The van der Waals surface area contributed by atoms with Crippen LogP contribution in [-0.2, 0) is 5.48 Å². The van der Waals surface area contributed by atoms with Crippen molar-refractivity contribution in [1.29, 1.82) is 10.5 Å². The van der Waals surface area contributed by atoms with Crippen LogP contribution in [0.5, 0.6) is 0 Å². The molecule has 1 rings (SSSR count). The van der Waals surface area contributed by atoms with E-state index in [2.05, 4.69) is 0 Å². The molecule has 0 amide bonds. The minimum absolute atomic E-state index is 0. The molecule has 3 nitrogen and oxygen atoms in total. The predicted octanol–water partition coefficient (Wildman–Crippen LogP) is 1.31. The minimum Gasteiger partial charge on any atom is -0.192 e. The average molecular weight is 144 g/mol. The van der Waals surface area contributed by atoms with E-state index in [9.17, 15) is 0 Å². The first-order valence-electron chi connectivity index (χ1n) is 2.77. The highest BCUT2D eigenvalue weighted by molar-refractivity contribution is 5.44. The maximum Gasteiger partial charge on any atom is 0.101 e. The molecule has 0 atom stereocenters. The molecule has 1 aromatic carbocycles. The van der Waals surface area contributed by atoms with Gasteiger partial charge in [-0.3, -0.25) is 0 Å². The van der Waals surface area contributed by atoms with Crippen LogP contribution >= 0.6 is 0 Å². The first kappa shape index (κ1) is 9.16. The van der Waals surface area contributed by atoms with E-state index < -0.39 is 0 Å². The molecule has 11 heavy (non-hydrogen) atoms. The van der Waals surface area contributed by atoms with Crippen LogP contribution in [0.25, 0.3) is 0 Å². The molecule has 1 aromatic rings. The Bertz CT molecular complexity index is 287. The highest BCUT2D eigenvalue weighted by atomic mass is 16.0. The number of nitrogens with zero attached hydrogens (tertiary/aromatic N) is 2. The SMILES string of the molecule is N#Cc1ccccc1C#N.[O]. The summed E-state index contributed by atoms with van der Waals surface area (Å²) < 4.78 is 0. The number of rotatable bonds is 0. The van der Waals surface area contributed by atoms with E-state index in [4.69, 9.17) is 10.5 Å². The second-order valence-electron chi connectivity index (χ2n) is 1.77. The number of hydrogen-bond acceptors (Lipinski definition) is 2. The van der Waals surface area contributed by atoms with E-state index >= 15 is 0 Å². The molecule has 52 valence electrons. The second kappa shape index (κ2) is 4.05. The molecule has 0 N–H and O–H groups in total. The van der Waals surface area contributed by atoms with Crippen molar-refractivity contribution in [3.8, 4) is 12.1 Å². The fraction of sp³-hybridized carbons (Fsp3) is 0. The Hall–Kier alpha value is -1.84. The normalized spacial score (nSPS) is 7.09. The summed E-state index contributed by atoms with van der Waals surface area (Å²) in [5.74, 6) is 0. The van der Waals surface area contributed by atoms with Crippen LogP contribution in [-0.4, -0.2) is 0 Å². The van der Waals surface area contributed by atoms with Crippen molar-refractivity contribution in [1.82, 2.24) is 0 Å². The maximum absolute atomic E-state index is 8.45. The van der Waals surface area contributed by atoms with Crippen LogP contribution in [0.3, 0.4) is 0 Å². The van der Waals surface area contributed by atoms with Crippen molar-refractivity contribution in [2.75, 3.05) is 0 Å². The Morgan fingerprint density at radius 1 is 0.909 bits per heavy atom. The molecule has 2 radical (unpaired) electrons. The lowest BCUT2D eigenvalue weighted by Crippen LogP contribution is -1.79. The fourth-order valence-electron chi connectivity index (χ4n) is 0.678. The monoisotopic (exact) mass is 144 g/mol. The van der Waals surface area contributed by atoms with Gasteiger partial charge in [0.2, 0.25) is 0 Å². The molecule has 0 aliphatic carbocycles. The van der Waals surface area contributed by atoms with Gasteiger partial charge < -0.3 is 0 Å². The Morgan fingerprint density at radius 2 is 1.27 bits per heavy atom. The molecule has 0 spiro atoms. The summed E-state index contributed by atoms with van der Waals surface area (Å²) in [6.07, 6.45) is 0. The molecule has 0 fully saturated rings. The quantitative estimate of drug-likeness (QED) is 0.550. The van der Waals surface area contributed by atoms with Gasteiger partial charge in [-0.1, -0.05) is 12.1 Å². The molecule has 0 heterocycles. The summed E-state index contributed by atoms with van der Waals surface area (Å²) in [4.78, 5) is 0. The molecule has 0 saturated carbocycles. The van der Waals surface area contributed by atoms with Crippen LogP contribution in [0.1, 0.15) is 11.1 Å². The summed E-state index contributed by atoms with van der Waals surface area (Å²) in [6, 6.07) is 10.6. The average Bonchev–Trinajstić information content (AvgIpc) is 2.04. The highest BCUT2D eigenvalue weighted by Crippen LogP contribution is 2.03. The Labute approximate surface area is 64.4 Å². The standard InChI is InChI=1S/C8H4N2.O/c9-5-7-3-1-2-4-8(7)6-10;/h1-4H;. The summed E-state index contributed by atoms with van der Waals surface area (Å²) in [5, 5.41) is 16.9. The maximum atomic E-state index is 8.45. The third-order valence-electron chi connectivity index (χ3n) is 1.17. The largest absolute Gasteiger partial charge is 0.192 e. The van der Waals surface area contributed by atoms with Crippen LogP contribution in [0, 0.1) is 22.7 Å². The van der Waals surface area contributed by atoms with E-state index in [1.807, 2.05) is 12.1 Å². The van der Waals surface area contributed by atoms with Crippen LogP contribution in [0.15, 0.2) is 24.3 Å². The minimum atomic E-state index is 0. The summed E-state index contributed by atoms with van der Waals surface area (Å²) in [7, 11) is 0. The first-order valence-corrected chi connectivity index (χ1v) is 2.77. The lowest BCUT2D eigenvalue weighted by Gasteiger charge is -1.88. The summed E-state index contributed by atoms with van der Waals surface area (Å²) in [5.41, 5.74) is 0.870. The fourth-order valence-corrected chi connectivity index (χ4v) is 0.678. The molecular formula is C8H4N2O. The van der Waals surface area contributed by atoms with Gasteiger partial charge in [-0.2, -0.15) is 10.5 Å². The van der Waals surface area contributed by atoms with Gasteiger partial charge >= 0.3 is 0 Å². The van der Waals surface area contributed by atoms with Gasteiger partial charge in [0.1, 0.15) is 12.1 Å². The van der Waals surface area contributed by atoms with E-state index in [1.54, 1.807) is 24.3 Å². The van der Waals surface area contributed by atoms with Crippen molar-refractivity contribution < 1.29 is 5.48 Å². The molecule has 0 unspecified atom stereocenters. The molecule has 0 aliphatic rings. The zero-order chi connectivity index (χ0) is 7.40. The van der Waals surface area contributed by atoms with E-state index in [0.717, 1.165) is 0 Å². The van der Waals surface area contributed by atoms with Gasteiger partial charge in [-0.15, -0.1) is 0 Å². The van der Waals surface area contributed by atoms with Gasteiger partial charge in [0.15, 0.2) is 0 Å². The zero-order valence-corrected chi connectivity index (χ0v) is 5.61. The molecule has 0 saturated heterocycles. The lowest BCUT2D eigenvalue weighted by atomic mass is 10.1. The third kappa shape index (κ3) is 1.79. The van der Waals surface area contributed by atoms with Crippen LogP contribution in [0.4, 0.5) is 0 Å². The summed E-state index contributed by atoms with van der Waals surface area (Å²) in [6.45, 7) is 0. The topological polar surface area (TPSA) is 76.1 Å². The summed E-state index contributed by atoms with van der Waals surface area (Å²) >= 11 is 0. The van der Waals surface area contributed by atoms with Crippen LogP contribution in [0.2, 0.25) is 0 Å². The van der Waals surface area contributed by atoms with E-state index in [0.29, 0.717) is 11.1 Å². The molecule has 0 aromatic heterocycles. The van der Waals surface area contributed by atoms with E-state index in [1.165, 1.54) is 0 Å². The molecule has 3 heteroatoms. The van der Waals surface area contributed by atoms with Crippen molar-refractivity contribution >= 4 is 0 Å². The van der Waals surface area contributed by atoms with Gasteiger partial charge in [-0.05, 0) is 12.1 Å².